The molecule has 9 heteroatoms. The highest BCUT2D eigenvalue weighted by Crippen LogP contribution is 2.34. The second-order valence-corrected chi connectivity index (χ2v) is 4.60. The first-order chi connectivity index (χ1) is 8.44. The molecule has 1 heterocycles. The van der Waals surface area contributed by atoms with Crippen molar-refractivity contribution in [3.8, 4) is 16.7 Å². The minimum atomic E-state index is -4.73. The SMILES string of the molecule is FC(F)(F)Oc1ccc(Oc2nncs2)cc1Br. The van der Waals surface area contributed by atoms with Gasteiger partial charge in [0.1, 0.15) is 17.0 Å². The van der Waals surface area contributed by atoms with Gasteiger partial charge in [-0.05, 0) is 34.1 Å². The highest BCUT2D eigenvalue weighted by molar-refractivity contribution is 9.10. The van der Waals surface area contributed by atoms with Crippen LogP contribution in [0.3, 0.4) is 0 Å². The zero-order valence-electron chi connectivity index (χ0n) is 8.44. The normalized spacial score (nSPS) is 11.3. The molecule has 0 radical (unpaired) electrons. The molecule has 18 heavy (non-hydrogen) atoms. The van der Waals surface area contributed by atoms with E-state index in [4.69, 9.17) is 4.74 Å². The van der Waals surface area contributed by atoms with Crippen LogP contribution >= 0.6 is 27.3 Å². The van der Waals surface area contributed by atoms with Crippen molar-refractivity contribution in [2.45, 2.75) is 6.36 Å². The van der Waals surface area contributed by atoms with Crippen LogP contribution in [0.1, 0.15) is 0 Å². The van der Waals surface area contributed by atoms with Crippen molar-refractivity contribution in [3.05, 3.63) is 28.2 Å². The lowest BCUT2D eigenvalue weighted by Crippen LogP contribution is -2.17. The molecule has 96 valence electrons. The van der Waals surface area contributed by atoms with E-state index in [1.54, 1.807) is 0 Å². The first-order valence-electron chi connectivity index (χ1n) is 4.43. The van der Waals surface area contributed by atoms with Crippen LogP contribution in [-0.2, 0) is 0 Å². The van der Waals surface area contributed by atoms with Gasteiger partial charge in [-0.2, -0.15) is 0 Å². The zero-order valence-corrected chi connectivity index (χ0v) is 10.8. The van der Waals surface area contributed by atoms with Crippen LogP contribution in [0.15, 0.2) is 28.2 Å². The van der Waals surface area contributed by atoms with E-state index in [0.29, 0.717) is 10.9 Å². The van der Waals surface area contributed by atoms with Crippen LogP contribution in [0.5, 0.6) is 16.7 Å². The van der Waals surface area contributed by atoms with Crippen LogP contribution in [0.25, 0.3) is 0 Å². The van der Waals surface area contributed by atoms with Crippen LogP contribution < -0.4 is 9.47 Å². The van der Waals surface area contributed by atoms with E-state index in [-0.39, 0.29) is 10.2 Å². The summed E-state index contributed by atoms with van der Waals surface area (Å²) in [6.07, 6.45) is -4.73. The van der Waals surface area contributed by atoms with E-state index < -0.39 is 6.36 Å². The Morgan fingerprint density at radius 3 is 2.61 bits per heavy atom. The van der Waals surface area contributed by atoms with Gasteiger partial charge in [0, 0.05) is 0 Å². The lowest BCUT2D eigenvalue weighted by molar-refractivity contribution is -0.274. The average molecular weight is 341 g/mol. The minimum absolute atomic E-state index is 0.127. The van der Waals surface area contributed by atoms with Gasteiger partial charge in [-0.15, -0.1) is 18.3 Å². The van der Waals surface area contributed by atoms with Crippen molar-refractivity contribution < 1.29 is 22.6 Å². The summed E-state index contributed by atoms with van der Waals surface area (Å²) in [6.45, 7) is 0. The standard InChI is InChI=1S/C9H4BrF3N2O2S/c10-6-3-5(16-8-15-14-4-18-8)1-2-7(6)17-9(11,12)13/h1-4H. The number of ether oxygens (including phenoxy) is 2. The molecule has 0 N–H and O–H groups in total. The summed E-state index contributed by atoms with van der Waals surface area (Å²) in [5, 5.41) is 7.51. The maximum absolute atomic E-state index is 12.0. The van der Waals surface area contributed by atoms with Crippen molar-refractivity contribution in [3.63, 3.8) is 0 Å². The van der Waals surface area contributed by atoms with E-state index >= 15 is 0 Å². The van der Waals surface area contributed by atoms with Gasteiger partial charge in [-0.3, -0.25) is 0 Å². The van der Waals surface area contributed by atoms with Gasteiger partial charge in [-0.1, -0.05) is 16.4 Å². The number of rotatable bonds is 3. The van der Waals surface area contributed by atoms with Crippen LogP contribution in [0, 0.1) is 0 Å². The molecule has 0 saturated carbocycles. The zero-order chi connectivity index (χ0) is 13.2. The summed E-state index contributed by atoms with van der Waals surface area (Å²) in [7, 11) is 0. The van der Waals surface area contributed by atoms with Crippen molar-refractivity contribution in [1.29, 1.82) is 0 Å². The lowest BCUT2D eigenvalue weighted by atomic mass is 10.3. The van der Waals surface area contributed by atoms with Crippen molar-refractivity contribution in [1.82, 2.24) is 10.2 Å². The summed E-state index contributed by atoms with van der Waals surface area (Å²) < 4.78 is 45.3. The second kappa shape index (κ2) is 5.11. The number of benzene rings is 1. The molecule has 0 spiro atoms. The molecule has 0 unspecified atom stereocenters. The fraction of sp³-hybridized carbons (Fsp3) is 0.111. The molecule has 0 bridgehead atoms. The molecule has 1 aromatic carbocycles. The summed E-state index contributed by atoms with van der Waals surface area (Å²) in [5.74, 6) is -0.0136. The number of aromatic nitrogens is 2. The second-order valence-electron chi connectivity index (χ2n) is 2.95. The predicted octanol–water partition coefficient (Wildman–Crippen LogP) is 3.99. The molecule has 0 fully saturated rings. The third-order valence-corrected chi connectivity index (χ3v) is 2.86. The number of hydrogen-bond acceptors (Lipinski definition) is 5. The first kappa shape index (κ1) is 13.1. The Morgan fingerprint density at radius 1 is 1.28 bits per heavy atom. The van der Waals surface area contributed by atoms with Gasteiger partial charge in [0.2, 0.25) is 0 Å². The molecule has 0 amide bonds. The largest absolute Gasteiger partial charge is 0.573 e. The fourth-order valence-electron chi connectivity index (χ4n) is 1.06. The highest BCUT2D eigenvalue weighted by Gasteiger charge is 2.32. The van der Waals surface area contributed by atoms with Crippen LogP contribution in [0.4, 0.5) is 13.2 Å². The van der Waals surface area contributed by atoms with E-state index in [0.717, 1.165) is 6.07 Å². The summed E-state index contributed by atoms with van der Waals surface area (Å²) >= 11 is 4.13. The number of hydrogen-bond donors (Lipinski definition) is 0. The van der Waals surface area contributed by atoms with Crippen molar-refractivity contribution in [2.75, 3.05) is 0 Å². The third kappa shape index (κ3) is 3.57. The summed E-state index contributed by atoms with van der Waals surface area (Å²) in [4.78, 5) is 0. The molecule has 2 rings (SSSR count). The van der Waals surface area contributed by atoms with E-state index in [1.807, 2.05) is 0 Å². The molecule has 0 saturated heterocycles. The Labute approximate surface area is 111 Å². The van der Waals surface area contributed by atoms with Gasteiger partial charge in [0.05, 0.1) is 4.47 Å². The fourth-order valence-corrected chi connectivity index (χ4v) is 1.92. The maximum atomic E-state index is 12.0. The van der Waals surface area contributed by atoms with Crippen molar-refractivity contribution in [2.24, 2.45) is 0 Å². The van der Waals surface area contributed by atoms with Gasteiger partial charge < -0.3 is 9.47 Å². The molecular formula is C9H4BrF3N2O2S. The van der Waals surface area contributed by atoms with E-state index in [9.17, 15) is 13.2 Å². The smallest absolute Gasteiger partial charge is 0.430 e. The molecule has 4 nitrogen and oxygen atoms in total. The Morgan fingerprint density at radius 2 is 2.06 bits per heavy atom. The number of halogens is 4. The van der Waals surface area contributed by atoms with Gasteiger partial charge in [0.25, 0.3) is 5.19 Å². The Bertz CT molecular complexity index is 533. The first-order valence-corrected chi connectivity index (χ1v) is 6.10. The minimum Gasteiger partial charge on any atom is -0.430 e. The molecule has 0 atom stereocenters. The molecule has 2 aromatic rings. The number of nitrogens with zero attached hydrogens (tertiary/aromatic N) is 2. The third-order valence-electron chi connectivity index (χ3n) is 1.67. The Hall–Kier alpha value is -1.35. The summed E-state index contributed by atoms with van der Waals surface area (Å²) in [6, 6.07) is 3.84. The number of alkyl halides is 3. The molecule has 0 aliphatic heterocycles. The predicted molar refractivity (Wildman–Crippen MR) is 60.8 cm³/mol. The van der Waals surface area contributed by atoms with Crippen molar-refractivity contribution >= 4 is 27.3 Å². The van der Waals surface area contributed by atoms with Crippen LogP contribution in [0.2, 0.25) is 0 Å². The van der Waals surface area contributed by atoms with Gasteiger partial charge >= 0.3 is 6.36 Å². The molecule has 0 aliphatic rings. The topological polar surface area (TPSA) is 44.2 Å². The maximum Gasteiger partial charge on any atom is 0.573 e. The Balaban J connectivity index is 2.14. The highest BCUT2D eigenvalue weighted by atomic mass is 79.9. The Kier molecular flexibility index (Phi) is 3.71. The molecular weight excluding hydrogens is 337 g/mol. The van der Waals surface area contributed by atoms with Gasteiger partial charge in [0.15, 0.2) is 0 Å². The summed E-state index contributed by atoms with van der Waals surface area (Å²) in [5.41, 5.74) is 1.48. The van der Waals surface area contributed by atoms with Crippen LogP contribution in [-0.4, -0.2) is 16.6 Å². The van der Waals surface area contributed by atoms with E-state index in [1.165, 1.54) is 29.0 Å². The monoisotopic (exact) mass is 340 g/mol. The quantitative estimate of drug-likeness (QED) is 0.847. The lowest BCUT2D eigenvalue weighted by Gasteiger charge is -2.11. The van der Waals surface area contributed by atoms with E-state index in [2.05, 4.69) is 30.9 Å². The molecule has 1 aromatic heterocycles. The average Bonchev–Trinajstić information content (AvgIpc) is 2.73. The molecule has 0 aliphatic carbocycles. The van der Waals surface area contributed by atoms with Gasteiger partial charge in [-0.25, -0.2) is 0 Å².